The lowest BCUT2D eigenvalue weighted by molar-refractivity contribution is 0.0955. The molecule has 1 amide bonds. The number of carbonyl (C=O) groups excluding carboxylic acids is 1. The molecule has 0 bridgehead atoms. The molecule has 3 N–H and O–H groups in total. The Kier molecular flexibility index (Phi) is 4.37. The number of nitrogens with one attached hydrogen (secondary N) is 1. The van der Waals surface area contributed by atoms with Crippen molar-refractivity contribution in [2.24, 2.45) is 5.10 Å². The van der Waals surface area contributed by atoms with Gasteiger partial charge in [-0.25, -0.2) is 5.43 Å². The molecule has 20 heavy (non-hydrogen) atoms. The second kappa shape index (κ2) is 6.21. The first kappa shape index (κ1) is 14.1. The molecule has 5 nitrogen and oxygen atoms in total. The quantitative estimate of drug-likeness (QED) is 0.458. The van der Waals surface area contributed by atoms with E-state index in [1.54, 1.807) is 30.3 Å². The lowest BCUT2D eigenvalue weighted by Gasteiger charge is -2.02. The van der Waals surface area contributed by atoms with Crippen LogP contribution in [-0.2, 0) is 0 Å². The zero-order valence-electron chi connectivity index (χ0n) is 10.2. The molecule has 0 aliphatic heterocycles. The van der Waals surface area contributed by atoms with Crippen molar-refractivity contribution >= 4 is 28.1 Å². The summed E-state index contributed by atoms with van der Waals surface area (Å²) in [7, 11) is 0. The Morgan fingerprint density at radius 1 is 1.20 bits per heavy atom. The first-order valence-corrected chi connectivity index (χ1v) is 6.47. The molecule has 2 rings (SSSR count). The normalized spacial score (nSPS) is 10.7. The highest BCUT2D eigenvalue weighted by molar-refractivity contribution is 9.10. The molecular weight excluding hydrogens is 324 g/mol. The van der Waals surface area contributed by atoms with Crippen LogP contribution >= 0.6 is 15.9 Å². The van der Waals surface area contributed by atoms with Crippen molar-refractivity contribution < 1.29 is 15.0 Å². The van der Waals surface area contributed by atoms with Crippen LogP contribution < -0.4 is 5.43 Å². The lowest BCUT2D eigenvalue weighted by atomic mass is 10.2. The van der Waals surface area contributed by atoms with Gasteiger partial charge in [0.25, 0.3) is 5.91 Å². The number of carbonyl (C=O) groups is 1. The van der Waals surface area contributed by atoms with Gasteiger partial charge in [0.05, 0.1) is 6.21 Å². The summed E-state index contributed by atoms with van der Waals surface area (Å²) in [5.41, 5.74) is 3.10. The van der Waals surface area contributed by atoms with E-state index in [2.05, 4.69) is 26.5 Å². The number of benzene rings is 2. The average molecular weight is 335 g/mol. The monoisotopic (exact) mass is 334 g/mol. The fourth-order valence-electron chi connectivity index (χ4n) is 1.51. The largest absolute Gasteiger partial charge is 0.504 e. The van der Waals surface area contributed by atoms with E-state index in [9.17, 15) is 15.0 Å². The Labute approximate surface area is 123 Å². The minimum atomic E-state index is -0.373. The molecule has 0 atom stereocenters. The number of phenolic OH excluding ortho intramolecular Hbond substituents is 2. The van der Waals surface area contributed by atoms with Crippen molar-refractivity contribution in [1.29, 1.82) is 0 Å². The number of para-hydroxylation sites is 1. The molecule has 0 radical (unpaired) electrons. The molecule has 0 saturated carbocycles. The number of hydrazone groups is 1. The van der Waals surface area contributed by atoms with Gasteiger partial charge in [-0.05, 0) is 30.3 Å². The summed E-state index contributed by atoms with van der Waals surface area (Å²) in [6.07, 6.45) is 1.25. The number of nitrogens with zero attached hydrogens (tertiary/aromatic N) is 1. The molecule has 6 heteroatoms. The van der Waals surface area contributed by atoms with Crippen LogP contribution in [0.15, 0.2) is 52.0 Å². The van der Waals surface area contributed by atoms with E-state index < -0.39 is 0 Å². The van der Waals surface area contributed by atoms with Gasteiger partial charge >= 0.3 is 0 Å². The van der Waals surface area contributed by atoms with Crippen molar-refractivity contribution in [3.63, 3.8) is 0 Å². The van der Waals surface area contributed by atoms with Gasteiger partial charge in [-0.1, -0.05) is 28.1 Å². The molecule has 0 fully saturated rings. The summed E-state index contributed by atoms with van der Waals surface area (Å²) >= 11 is 3.27. The number of rotatable bonds is 3. The number of amides is 1. The molecule has 102 valence electrons. The summed E-state index contributed by atoms with van der Waals surface area (Å²) in [5, 5.41) is 22.6. The van der Waals surface area contributed by atoms with E-state index in [0.29, 0.717) is 11.1 Å². The van der Waals surface area contributed by atoms with Gasteiger partial charge < -0.3 is 10.2 Å². The Morgan fingerprint density at radius 2 is 1.95 bits per heavy atom. The number of aromatic hydroxyl groups is 2. The Bertz CT molecular complexity index is 671. The van der Waals surface area contributed by atoms with Crippen LogP contribution in [0.2, 0.25) is 0 Å². The van der Waals surface area contributed by atoms with Gasteiger partial charge in [-0.3, -0.25) is 4.79 Å². The molecule has 0 aliphatic carbocycles. The van der Waals surface area contributed by atoms with Crippen molar-refractivity contribution in [2.75, 3.05) is 0 Å². The van der Waals surface area contributed by atoms with E-state index in [4.69, 9.17) is 0 Å². The van der Waals surface area contributed by atoms with E-state index in [1.165, 1.54) is 12.3 Å². The summed E-state index contributed by atoms with van der Waals surface area (Å²) in [4.78, 5) is 11.8. The third-order valence-electron chi connectivity index (χ3n) is 2.50. The number of hydrogen-bond acceptors (Lipinski definition) is 4. The van der Waals surface area contributed by atoms with Gasteiger partial charge in [0, 0.05) is 15.6 Å². The van der Waals surface area contributed by atoms with Gasteiger partial charge in [0.15, 0.2) is 11.5 Å². The summed E-state index contributed by atoms with van der Waals surface area (Å²) in [6.45, 7) is 0. The summed E-state index contributed by atoms with van der Waals surface area (Å²) in [6, 6.07) is 11.3. The van der Waals surface area contributed by atoms with Crippen LogP contribution in [0.3, 0.4) is 0 Å². The van der Waals surface area contributed by atoms with Gasteiger partial charge in [-0.15, -0.1) is 0 Å². The third-order valence-corrected chi connectivity index (χ3v) is 3.00. The Hall–Kier alpha value is -2.34. The minimum Gasteiger partial charge on any atom is -0.504 e. The second-order valence-electron chi connectivity index (χ2n) is 3.92. The Morgan fingerprint density at radius 3 is 2.70 bits per heavy atom. The minimum absolute atomic E-state index is 0.243. The van der Waals surface area contributed by atoms with Crippen LogP contribution in [0, 0.1) is 0 Å². The topological polar surface area (TPSA) is 81.9 Å². The molecule has 0 spiro atoms. The fourth-order valence-corrected chi connectivity index (χ4v) is 1.91. The zero-order chi connectivity index (χ0) is 14.5. The number of phenols is 2. The summed E-state index contributed by atoms with van der Waals surface area (Å²) < 4.78 is 0.791. The molecule has 0 aromatic heterocycles. The highest BCUT2D eigenvalue weighted by atomic mass is 79.9. The van der Waals surface area contributed by atoms with Crippen molar-refractivity contribution in [2.45, 2.75) is 0 Å². The molecule has 0 unspecified atom stereocenters. The highest BCUT2D eigenvalue weighted by Gasteiger charge is 2.05. The maximum atomic E-state index is 11.8. The van der Waals surface area contributed by atoms with Crippen LogP contribution in [0.5, 0.6) is 11.5 Å². The molecule has 2 aromatic carbocycles. The molecule has 0 saturated heterocycles. The van der Waals surface area contributed by atoms with Crippen LogP contribution in [0.4, 0.5) is 0 Å². The first-order valence-electron chi connectivity index (χ1n) is 5.68. The van der Waals surface area contributed by atoms with Crippen LogP contribution in [0.25, 0.3) is 0 Å². The fraction of sp³-hybridized carbons (Fsp3) is 0. The van der Waals surface area contributed by atoms with E-state index in [-0.39, 0.29) is 17.4 Å². The standard InChI is InChI=1S/C14H11BrN2O3/c15-11-5-1-3-9(7-11)14(20)17-16-8-10-4-2-6-12(18)13(10)19/h1-8,18-19H,(H,17,20). The van der Waals surface area contributed by atoms with Crippen LogP contribution in [-0.4, -0.2) is 22.3 Å². The molecule has 0 heterocycles. The van der Waals surface area contributed by atoms with Gasteiger partial charge in [-0.2, -0.15) is 5.10 Å². The van der Waals surface area contributed by atoms with E-state index in [0.717, 1.165) is 4.47 Å². The number of halogens is 1. The SMILES string of the molecule is O=C(NN=Cc1cccc(O)c1O)c1cccc(Br)c1. The summed E-state index contributed by atoms with van der Waals surface area (Å²) in [5.74, 6) is -0.901. The predicted molar refractivity (Wildman–Crippen MR) is 79.0 cm³/mol. The van der Waals surface area contributed by atoms with Crippen molar-refractivity contribution in [1.82, 2.24) is 5.43 Å². The molecule has 2 aromatic rings. The zero-order valence-corrected chi connectivity index (χ0v) is 11.8. The second-order valence-corrected chi connectivity index (χ2v) is 4.84. The first-order chi connectivity index (χ1) is 9.58. The third kappa shape index (κ3) is 3.36. The molecule has 0 aliphatic rings. The highest BCUT2D eigenvalue weighted by Crippen LogP contribution is 2.26. The predicted octanol–water partition coefficient (Wildman–Crippen LogP) is 2.62. The van der Waals surface area contributed by atoms with Crippen molar-refractivity contribution in [3.8, 4) is 11.5 Å². The Balaban J connectivity index is 2.07. The van der Waals surface area contributed by atoms with Crippen LogP contribution in [0.1, 0.15) is 15.9 Å². The van der Waals surface area contributed by atoms with Gasteiger partial charge in [0.1, 0.15) is 0 Å². The smallest absolute Gasteiger partial charge is 0.271 e. The number of hydrogen-bond donors (Lipinski definition) is 3. The molecular formula is C14H11BrN2O3. The van der Waals surface area contributed by atoms with E-state index >= 15 is 0 Å². The maximum absolute atomic E-state index is 11.8. The van der Waals surface area contributed by atoms with Gasteiger partial charge in [0.2, 0.25) is 0 Å². The maximum Gasteiger partial charge on any atom is 0.271 e. The average Bonchev–Trinajstić information content (AvgIpc) is 2.43. The van der Waals surface area contributed by atoms with E-state index in [1.807, 2.05) is 6.07 Å². The lowest BCUT2D eigenvalue weighted by Crippen LogP contribution is -2.17. The van der Waals surface area contributed by atoms with Crippen molar-refractivity contribution in [3.05, 3.63) is 58.1 Å².